The molecule has 1 amide bonds. The number of H-pyrrole nitrogens is 1. The van der Waals surface area contributed by atoms with Crippen LogP contribution in [-0.2, 0) is 0 Å². The van der Waals surface area contributed by atoms with E-state index >= 15 is 0 Å². The minimum absolute atomic E-state index is 0.152. The highest BCUT2D eigenvalue weighted by molar-refractivity contribution is 6.04. The van der Waals surface area contributed by atoms with Crippen molar-refractivity contribution in [3.05, 3.63) is 94.9 Å². The van der Waals surface area contributed by atoms with E-state index in [1.165, 1.54) is 6.07 Å². The van der Waals surface area contributed by atoms with Crippen LogP contribution in [0.15, 0.2) is 83.8 Å². The lowest BCUT2D eigenvalue weighted by atomic mass is 10.2. The Kier molecular flexibility index (Phi) is 4.37. The van der Waals surface area contributed by atoms with Gasteiger partial charge in [-0.25, -0.2) is 4.98 Å². The summed E-state index contributed by atoms with van der Waals surface area (Å²) in [6, 6.07) is 21.5. The average molecular weight is 356 g/mol. The van der Waals surface area contributed by atoms with Crippen molar-refractivity contribution in [2.45, 2.75) is 0 Å². The first-order valence-corrected chi connectivity index (χ1v) is 8.40. The Bertz CT molecular complexity index is 1150. The number of nitrogens with zero attached hydrogens (tertiary/aromatic N) is 1. The van der Waals surface area contributed by atoms with Crippen LogP contribution in [0.1, 0.15) is 10.4 Å². The molecule has 0 spiro atoms. The minimum Gasteiger partial charge on any atom is -0.355 e. The van der Waals surface area contributed by atoms with Gasteiger partial charge in [0.2, 0.25) is 5.56 Å². The van der Waals surface area contributed by atoms with Crippen molar-refractivity contribution >= 4 is 34.0 Å². The standard InChI is InChI=1S/C21H16N4O2/c26-19-11-10-17-18(12-13-22-20(17)25-19)23-15-6-8-16(9-7-15)24-21(27)14-4-2-1-3-5-14/h1-13H,(H,24,27)(H2,22,23,25,26). The van der Waals surface area contributed by atoms with Crippen LogP contribution >= 0.6 is 0 Å². The van der Waals surface area contributed by atoms with Crippen LogP contribution < -0.4 is 16.2 Å². The maximum absolute atomic E-state index is 12.2. The Labute approximate surface area is 154 Å². The highest BCUT2D eigenvalue weighted by atomic mass is 16.1. The van der Waals surface area contributed by atoms with Gasteiger partial charge in [-0.3, -0.25) is 9.59 Å². The van der Waals surface area contributed by atoms with Gasteiger partial charge in [0, 0.05) is 34.6 Å². The zero-order valence-electron chi connectivity index (χ0n) is 14.3. The fourth-order valence-electron chi connectivity index (χ4n) is 2.75. The Morgan fingerprint density at radius 1 is 0.852 bits per heavy atom. The average Bonchev–Trinajstić information content (AvgIpc) is 2.70. The van der Waals surface area contributed by atoms with Crippen LogP contribution in [0.3, 0.4) is 0 Å². The van der Waals surface area contributed by atoms with Crippen LogP contribution in [0.4, 0.5) is 17.1 Å². The fraction of sp³-hybridized carbons (Fsp3) is 0. The van der Waals surface area contributed by atoms with Gasteiger partial charge in [0.15, 0.2) is 0 Å². The van der Waals surface area contributed by atoms with Crippen molar-refractivity contribution in [2.75, 3.05) is 10.6 Å². The van der Waals surface area contributed by atoms with E-state index < -0.39 is 0 Å². The normalized spacial score (nSPS) is 10.5. The number of fused-ring (bicyclic) bond motifs is 1. The van der Waals surface area contributed by atoms with Crippen LogP contribution in [0.2, 0.25) is 0 Å². The lowest BCUT2D eigenvalue weighted by Gasteiger charge is -2.10. The molecule has 0 aliphatic carbocycles. The van der Waals surface area contributed by atoms with Gasteiger partial charge in [0.1, 0.15) is 5.65 Å². The highest BCUT2D eigenvalue weighted by Gasteiger charge is 2.06. The number of pyridine rings is 2. The zero-order chi connectivity index (χ0) is 18.6. The SMILES string of the molecule is O=C(Nc1ccc(Nc2ccnc3[nH]c(=O)ccc23)cc1)c1ccccc1. The number of hydrogen-bond acceptors (Lipinski definition) is 4. The number of nitrogens with one attached hydrogen (secondary N) is 3. The summed E-state index contributed by atoms with van der Waals surface area (Å²) in [7, 11) is 0. The second kappa shape index (κ2) is 7.13. The second-order valence-corrected chi connectivity index (χ2v) is 5.97. The maximum atomic E-state index is 12.2. The van der Waals surface area contributed by atoms with Crippen LogP contribution in [0.25, 0.3) is 11.0 Å². The van der Waals surface area contributed by atoms with E-state index in [1.54, 1.807) is 24.4 Å². The van der Waals surface area contributed by atoms with Crippen molar-refractivity contribution in [1.82, 2.24) is 9.97 Å². The van der Waals surface area contributed by atoms with Crippen LogP contribution in [-0.4, -0.2) is 15.9 Å². The molecule has 0 unspecified atom stereocenters. The van der Waals surface area contributed by atoms with Gasteiger partial charge in [0.05, 0.1) is 5.69 Å². The Morgan fingerprint density at radius 2 is 1.59 bits per heavy atom. The molecular formula is C21H16N4O2. The van der Waals surface area contributed by atoms with E-state index in [0.717, 1.165) is 16.8 Å². The molecule has 0 aliphatic rings. The predicted molar refractivity (Wildman–Crippen MR) is 106 cm³/mol. The monoisotopic (exact) mass is 356 g/mol. The first kappa shape index (κ1) is 16.5. The van der Waals surface area contributed by atoms with E-state index in [4.69, 9.17) is 0 Å². The number of hydrogen-bond donors (Lipinski definition) is 3. The maximum Gasteiger partial charge on any atom is 0.255 e. The fourth-order valence-corrected chi connectivity index (χ4v) is 2.75. The third-order valence-electron chi connectivity index (χ3n) is 4.09. The number of anilines is 3. The smallest absolute Gasteiger partial charge is 0.255 e. The molecule has 6 nitrogen and oxygen atoms in total. The molecule has 132 valence electrons. The molecule has 2 aromatic heterocycles. The number of aromatic amines is 1. The molecule has 0 aliphatic heterocycles. The molecule has 0 radical (unpaired) electrons. The molecule has 0 saturated carbocycles. The van der Waals surface area contributed by atoms with Gasteiger partial charge in [-0.15, -0.1) is 0 Å². The summed E-state index contributed by atoms with van der Waals surface area (Å²) < 4.78 is 0. The molecule has 4 aromatic rings. The summed E-state index contributed by atoms with van der Waals surface area (Å²) in [4.78, 5) is 30.5. The van der Waals surface area contributed by atoms with Gasteiger partial charge in [-0.05, 0) is 48.5 Å². The first-order chi connectivity index (χ1) is 13.2. The van der Waals surface area contributed by atoms with Gasteiger partial charge < -0.3 is 15.6 Å². The van der Waals surface area contributed by atoms with Gasteiger partial charge in [-0.2, -0.15) is 0 Å². The molecule has 0 atom stereocenters. The quantitative estimate of drug-likeness (QED) is 0.517. The Balaban J connectivity index is 1.52. The van der Waals surface area contributed by atoms with E-state index in [2.05, 4.69) is 20.6 Å². The highest BCUT2D eigenvalue weighted by Crippen LogP contribution is 2.24. The lowest BCUT2D eigenvalue weighted by Crippen LogP contribution is -2.11. The van der Waals surface area contributed by atoms with E-state index in [9.17, 15) is 9.59 Å². The Morgan fingerprint density at radius 3 is 2.37 bits per heavy atom. The summed E-state index contributed by atoms with van der Waals surface area (Å²) in [6.07, 6.45) is 1.63. The molecule has 27 heavy (non-hydrogen) atoms. The van der Waals surface area contributed by atoms with Crippen molar-refractivity contribution < 1.29 is 4.79 Å². The predicted octanol–water partition coefficient (Wildman–Crippen LogP) is 3.92. The summed E-state index contributed by atoms with van der Waals surface area (Å²) in [5.74, 6) is -0.152. The molecule has 3 N–H and O–H groups in total. The number of rotatable bonds is 4. The van der Waals surface area contributed by atoms with E-state index in [0.29, 0.717) is 16.9 Å². The number of benzene rings is 2. The molecular weight excluding hydrogens is 340 g/mol. The number of amides is 1. The third kappa shape index (κ3) is 3.69. The number of carbonyl (C=O) groups is 1. The molecule has 2 aromatic carbocycles. The molecule has 6 heteroatoms. The van der Waals surface area contributed by atoms with Crippen molar-refractivity contribution in [3.63, 3.8) is 0 Å². The van der Waals surface area contributed by atoms with Gasteiger partial charge in [0.25, 0.3) is 5.91 Å². The van der Waals surface area contributed by atoms with E-state index in [-0.39, 0.29) is 11.5 Å². The molecule has 0 bridgehead atoms. The third-order valence-corrected chi connectivity index (χ3v) is 4.09. The largest absolute Gasteiger partial charge is 0.355 e. The first-order valence-electron chi connectivity index (χ1n) is 8.40. The lowest BCUT2D eigenvalue weighted by molar-refractivity contribution is 0.102. The van der Waals surface area contributed by atoms with Gasteiger partial charge in [-0.1, -0.05) is 18.2 Å². The number of carbonyl (C=O) groups excluding carboxylic acids is 1. The van der Waals surface area contributed by atoms with Crippen molar-refractivity contribution in [2.24, 2.45) is 0 Å². The molecule has 0 fully saturated rings. The van der Waals surface area contributed by atoms with E-state index in [1.807, 2.05) is 48.5 Å². The van der Waals surface area contributed by atoms with Crippen molar-refractivity contribution in [1.29, 1.82) is 0 Å². The second-order valence-electron chi connectivity index (χ2n) is 5.97. The summed E-state index contributed by atoms with van der Waals surface area (Å²) in [5, 5.41) is 6.99. The topological polar surface area (TPSA) is 86.9 Å². The summed E-state index contributed by atoms with van der Waals surface area (Å²) in [5.41, 5.74) is 3.34. The van der Waals surface area contributed by atoms with Gasteiger partial charge >= 0.3 is 0 Å². The molecule has 0 saturated heterocycles. The molecule has 2 heterocycles. The number of aromatic nitrogens is 2. The van der Waals surface area contributed by atoms with Crippen LogP contribution in [0, 0.1) is 0 Å². The summed E-state index contributed by atoms with van der Waals surface area (Å²) in [6.45, 7) is 0. The zero-order valence-corrected chi connectivity index (χ0v) is 14.3. The molecule has 4 rings (SSSR count). The van der Waals surface area contributed by atoms with Crippen LogP contribution in [0.5, 0.6) is 0 Å². The minimum atomic E-state index is -0.189. The Hall–Kier alpha value is -3.93. The van der Waals surface area contributed by atoms with Crippen molar-refractivity contribution in [3.8, 4) is 0 Å². The summed E-state index contributed by atoms with van der Waals surface area (Å²) >= 11 is 0.